The number of nitrogens with one attached hydrogen (secondary N) is 1. The summed E-state index contributed by atoms with van der Waals surface area (Å²) in [4.78, 5) is 6.74. The Morgan fingerprint density at radius 3 is 2.65 bits per heavy atom. The SMILES string of the molecule is CC(c1noc(-c2ccc(F)cc2)n1)N1CCNCC1. The highest BCUT2D eigenvalue weighted by atomic mass is 19.1. The summed E-state index contributed by atoms with van der Waals surface area (Å²) >= 11 is 0. The highest BCUT2D eigenvalue weighted by Gasteiger charge is 2.22. The quantitative estimate of drug-likeness (QED) is 0.927. The summed E-state index contributed by atoms with van der Waals surface area (Å²) in [7, 11) is 0. The lowest BCUT2D eigenvalue weighted by molar-refractivity contribution is 0.176. The maximum atomic E-state index is 12.9. The number of benzene rings is 1. The molecule has 3 rings (SSSR count). The maximum absolute atomic E-state index is 12.9. The normalized spacial score (nSPS) is 18.1. The number of aromatic nitrogens is 2. The van der Waals surface area contributed by atoms with Gasteiger partial charge in [-0.05, 0) is 31.2 Å². The molecule has 1 aliphatic heterocycles. The van der Waals surface area contributed by atoms with E-state index in [2.05, 4.69) is 27.3 Å². The minimum absolute atomic E-state index is 0.120. The van der Waals surface area contributed by atoms with Crippen LogP contribution < -0.4 is 5.32 Å². The summed E-state index contributed by atoms with van der Waals surface area (Å²) in [5.41, 5.74) is 0.734. The zero-order chi connectivity index (χ0) is 13.9. The molecule has 1 aliphatic rings. The van der Waals surface area contributed by atoms with E-state index in [-0.39, 0.29) is 11.9 Å². The minimum Gasteiger partial charge on any atom is -0.334 e. The van der Waals surface area contributed by atoms with E-state index in [1.807, 2.05) is 0 Å². The van der Waals surface area contributed by atoms with Crippen LogP contribution in [0.4, 0.5) is 4.39 Å². The van der Waals surface area contributed by atoms with Crippen molar-refractivity contribution >= 4 is 0 Å². The Bertz CT molecular complexity index is 563. The van der Waals surface area contributed by atoms with Gasteiger partial charge in [-0.2, -0.15) is 4.98 Å². The van der Waals surface area contributed by atoms with Gasteiger partial charge in [-0.15, -0.1) is 0 Å². The van der Waals surface area contributed by atoms with Crippen LogP contribution in [0.25, 0.3) is 11.5 Å². The molecule has 0 saturated carbocycles. The Kier molecular flexibility index (Phi) is 3.75. The van der Waals surface area contributed by atoms with Crippen LogP contribution in [0, 0.1) is 5.82 Å². The Labute approximate surface area is 116 Å². The standard InChI is InChI=1S/C14H17FN4O/c1-10(19-8-6-16-7-9-19)13-17-14(20-18-13)11-2-4-12(15)5-3-11/h2-5,10,16H,6-9H2,1H3. The topological polar surface area (TPSA) is 54.2 Å². The number of halogens is 1. The molecule has 0 bridgehead atoms. The van der Waals surface area contributed by atoms with E-state index in [0.29, 0.717) is 11.7 Å². The molecule has 20 heavy (non-hydrogen) atoms. The number of piperazine rings is 1. The van der Waals surface area contributed by atoms with E-state index in [1.54, 1.807) is 12.1 Å². The lowest BCUT2D eigenvalue weighted by Crippen LogP contribution is -2.44. The smallest absolute Gasteiger partial charge is 0.257 e. The molecule has 2 aromatic rings. The fourth-order valence-corrected chi connectivity index (χ4v) is 2.35. The lowest BCUT2D eigenvalue weighted by Gasteiger charge is -2.30. The second-order valence-electron chi connectivity index (χ2n) is 4.93. The van der Waals surface area contributed by atoms with Crippen molar-refractivity contribution < 1.29 is 8.91 Å². The summed E-state index contributed by atoms with van der Waals surface area (Å²) in [6.45, 7) is 5.98. The Balaban J connectivity index is 1.77. The van der Waals surface area contributed by atoms with Crippen LogP contribution in [0.2, 0.25) is 0 Å². The molecule has 1 unspecified atom stereocenters. The molecule has 0 spiro atoms. The molecule has 1 aromatic carbocycles. The number of hydrogen-bond donors (Lipinski definition) is 1. The molecule has 1 fully saturated rings. The first-order chi connectivity index (χ1) is 9.74. The second kappa shape index (κ2) is 5.68. The van der Waals surface area contributed by atoms with Crippen LogP contribution in [0.5, 0.6) is 0 Å². The predicted molar refractivity (Wildman–Crippen MR) is 72.5 cm³/mol. The highest BCUT2D eigenvalue weighted by Crippen LogP contribution is 2.22. The average molecular weight is 276 g/mol. The zero-order valence-electron chi connectivity index (χ0n) is 11.3. The van der Waals surface area contributed by atoms with Crippen LogP contribution in [-0.2, 0) is 0 Å². The van der Waals surface area contributed by atoms with Gasteiger partial charge in [0.15, 0.2) is 5.82 Å². The van der Waals surface area contributed by atoms with Crippen molar-refractivity contribution in [3.63, 3.8) is 0 Å². The fourth-order valence-electron chi connectivity index (χ4n) is 2.35. The van der Waals surface area contributed by atoms with E-state index in [0.717, 1.165) is 31.7 Å². The third-order valence-corrected chi connectivity index (χ3v) is 3.61. The Morgan fingerprint density at radius 2 is 1.95 bits per heavy atom. The average Bonchev–Trinajstić information content (AvgIpc) is 2.98. The maximum Gasteiger partial charge on any atom is 0.257 e. The number of hydrogen-bond acceptors (Lipinski definition) is 5. The summed E-state index contributed by atoms with van der Waals surface area (Å²) in [6, 6.07) is 6.18. The van der Waals surface area contributed by atoms with Crippen molar-refractivity contribution in [3.8, 4) is 11.5 Å². The molecule has 0 amide bonds. The van der Waals surface area contributed by atoms with Gasteiger partial charge in [0.25, 0.3) is 5.89 Å². The highest BCUT2D eigenvalue weighted by molar-refractivity contribution is 5.52. The first-order valence-electron chi connectivity index (χ1n) is 6.78. The third kappa shape index (κ3) is 2.71. The van der Waals surface area contributed by atoms with Crippen molar-refractivity contribution in [2.45, 2.75) is 13.0 Å². The van der Waals surface area contributed by atoms with E-state index in [9.17, 15) is 4.39 Å². The van der Waals surface area contributed by atoms with Gasteiger partial charge in [-0.1, -0.05) is 5.16 Å². The largest absolute Gasteiger partial charge is 0.334 e. The minimum atomic E-state index is -0.275. The molecule has 5 nitrogen and oxygen atoms in total. The Morgan fingerprint density at radius 1 is 1.25 bits per heavy atom. The fraction of sp³-hybridized carbons (Fsp3) is 0.429. The van der Waals surface area contributed by atoms with Crippen molar-refractivity contribution in [2.24, 2.45) is 0 Å². The van der Waals surface area contributed by atoms with Crippen molar-refractivity contribution in [1.82, 2.24) is 20.4 Å². The molecular formula is C14H17FN4O. The molecule has 1 N–H and O–H groups in total. The monoisotopic (exact) mass is 276 g/mol. The van der Waals surface area contributed by atoms with Gasteiger partial charge in [0.2, 0.25) is 0 Å². The molecule has 1 aromatic heterocycles. The summed E-state index contributed by atoms with van der Waals surface area (Å²) in [5.74, 6) is 0.830. The zero-order valence-corrected chi connectivity index (χ0v) is 11.3. The number of nitrogens with zero attached hydrogens (tertiary/aromatic N) is 3. The first-order valence-corrected chi connectivity index (χ1v) is 6.78. The first kappa shape index (κ1) is 13.2. The summed E-state index contributed by atoms with van der Waals surface area (Å²) < 4.78 is 18.2. The van der Waals surface area contributed by atoms with Gasteiger partial charge < -0.3 is 9.84 Å². The van der Waals surface area contributed by atoms with Crippen LogP contribution >= 0.6 is 0 Å². The molecule has 0 radical (unpaired) electrons. The van der Waals surface area contributed by atoms with Gasteiger partial charge in [0.1, 0.15) is 5.82 Å². The second-order valence-corrected chi connectivity index (χ2v) is 4.93. The van der Waals surface area contributed by atoms with Crippen LogP contribution in [-0.4, -0.2) is 41.2 Å². The summed E-state index contributed by atoms with van der Waals surface area (Å²) in [5, 5.41) is 7.36. The van der Waals surface area contributed by atoms with E-state index >= 15 is 0 Å². The molecule has 1 saturated heterocycles. The molecule has 106 valence electrons. The van der Waals surface area contributed by atoms with Crippen LogP contribution in [0.1, 0.15) is 18.8 Å². The molecule has 0 aliphatic carbocycles. The van der Waals surface area contributed by atoms with Gasteiger partial charge in [-0.3, -0.25) is 4.90 Å². The van der Waals surface area contributed by atoms with E-state index < -0.39 is 0 Å². The van der Waals surface area contributed by atoms with Gasteiger partial charge >= 0.3 is 0 Å². The number of rotatable bonds is 3. The van der Waals surface area contributed by atoms with Crippen molar-refractivity contribution in [2.75, 3.05) is 26.2 Å². The molecule has 2 heterocycles. The van der Waals surface area contributed by atoms with Gasteiger partial charge in [0, 0.05) is 31.7 Å². The summed E-state index contributed by atoms with van der Waals surface area (Å²) in [6.07, 6.45) is 0. The molecule has 6 heteroatoms. The van der Waals surface area contributed by atoms with E-state index in [4.69, 9.17) is 4.52 Å². The molecule has 1 atom stereocenters. The van der Waals surface area contributed by atoms with Gasteiger partial charge in [-0.25, -0.2) is 4.39 Å². The lowest BCUT2D eigenvalue weighted by atomic mass is 10.2. The third-order valence-electron chi connectivity index (χ3n) is 3.61. The van der Waals surface area contributed by atoms with Gasteiger partial charge in [0.05, 0.1) is 6.04 Å². The van der Waals surface area contributed by atoms with Crippen LogP contribution in [0.15, 0.2) is 28.8 Å². The van der Waals surface area contributed by atoms with Crippen molar-refractivity contribution in [1.29, 1.82) is 0 Å². The Hall–Kier alpha value is -1.79. The van der Waals surface area contributed by atoms with E-state index in [1.165, 1.54) is 12.1 Å². The molecular weight excluding hydrogens is 259 g/mol. The van der Waals surface area contributed by atoms with Crippen molar-refractivity contribution in [3.05, 3.63) is 35.9 Å². The predicted octanol–water partition coefficient (Wildman–Crippen LogP) is 1.84. The van der Waals surface area contributed by atoms with Crippen LogP contribution in [0.3, 0.4) is 0 Å².